The molecule has 2 N–H and O–H groups in total. The van der Waals surface area contributed by atoms with Crippen molar-refractivity contribution in [3.05, 3.63) is 43.5 Å². The fourth-order valence-corrected chi connectivity index (χ4v) is 1.08. The van der Waals surface area contributed by atoms with Gasteiger partial charge in [0.15, 0.2) is 5.83 Å². The van der Waals surface area contributed by atoms with Crippen molar-refractivity contribution >= 4 is 0 Å². The Morgan fingerprint density at radius 1 is 1.50 bits per heavy atom. The molecule has 0 radical (unpaired) electrons. The Labute approximate surface area is 77.0 Å². The van der Waals surface area contributed by atoms with Crippen molar-refractivity contribution in [3.8, 4) is 0 Å². The van der Waals surface area contributed by atoms with Crippen LogP contribution in [-0.2, 0) is 0 Å². The van der Waals surface area contributed by atoms with E-state index in [0.717, 1.165) is 0 Å². The maximum absolute atomic E-state index is 12.8. The summed E-state index contributed by atoms with van der Waals surface area (Å²) in [5.74, 6) is -1.12. The Hall–Kier alpha value is -1.99. The second kappa shape index (κ2) is 3.40. The Bertz CT molecular complexity index is 362. The van der Waals surface area contributed by atoms with Crippen molar-refractivity contribution in [1.29, 1.82) is 0 Å². The van der Waals surface area contributed by atoms with Gasteiger partial charge >= 0.3 is 0 Å². The summed E-state index contributed by atoms with van der Waals surface area (Å²) in [5.41, 5.74) is 4.04. The molecule has 1 aliphatic carbocycles. The number of nitro groups is 2. The lowest BCUT2D eigenvalue weighted by Gasteiger charge is -2.12. The molecule has 1 rings (SSSR count). The van der Waals surface area contributed by atoms with Gasteiger partial charge in [-0.15, -0.1) is 0 Å². The number of halogens is 1. The van der Waals surface area contributed by atoms with Crippen LogP contribution in [0.15, 0.2) is 23.3 Å². The van der Waals surface area contributed by atoms with Gasteiger partial charge in [0.25, 0.3) is 11.7 Å². The first kappa shape index (κ1) is 10.1. The quantitative estimate of drug-likeness (QED) is 0.513. The molecule has 7 nitrogen and oxygen atoms in total. The van der Waals surface area contributed by atoms with Gasteiger partial charge in [-0.1, -0.05) is 0 Å². The number of rotatable bonds is 2. The highest BCUT2D eigenvalue weighted by Crippen LogP contribution is 2.24. The Balaban J connectivity index is 3.06. The zero-order valence-electron chi connectivity index (χ0n) is 6.84. The molecule has 0 amide bonds. The number of nitrogens with zero attached hydrogens (tertiary/aromatic N) is 2. The molecule has 0 aromatic carbocycles. The van der Waals surface area contributed by atoms with E-state index in [1.165, 1.54) is 0 Å². The first-order chi connectivity index (χ1) is 6.43. The van der Waals surface area contributed by atoms with Crippen LogP contribution in [0.2, 0.25) is 0 Å². The van der Waals surface area contributed by atoms with E-state index < -0.39 is 33.8 Å². The SMILES string of the molecule is NC1=CC(F)=C([N+](=O)[O-])CC1[N+](=O)[O-]. The maximum Gasteiger partial charge on any atom is 0.288 e. The minimum Gasteiger partial charge on any atom is -0.396 e. The summed E-state index contributed by atoms with van der Waals surface area (Å²) in [5, 5.41) is 20.6. The van der Waals surface area contributed by atoms with E-state index in [4.69, 9.17) is 5.73 Å². The van der Waals surface area contributed by atoms with Crippen molar-refractivity contribution in [2.24, 2.45) is 5.73 Å². The van der Waals surface area contributed by atoms with Crippen molar-refractivity contribution < 1.29 is 14.2 Å². The molecule has 0 saturated heterocycles. The Morgan fingerprint density at radius 2 is 2.07 bits per heavy atom. The number of hydrogen-bond acceptors (Lipinski definition) is 5. The largest absolute Gasteiger partial charge is 0.396 e. The van der Waals surface area contributed by atoms with Gasteiger partial charge in [0.2, 0.25) is 0 Å². The standard InChI is InChI=1S/C6H6FN3O4/c7-3-1-4(8)6(10(13)14)2-5(3)9(11)12/h1,6H,2,8H2. The van der Waals surface area contributed by atoms with Gasteiger partial charge in [0.05, 0.1) is 10.6 Å². The number of hydrogen-bond donors (Lipinski definition) is 1. The van der Waals surface area contributed by atoms with Crippen molar-refractivity contribution in [2.75, 3.05) is 0 Å². The van der Waals surface area contributed by atoms with Crippen LogP contribution in [0.1, 0.15) is 6.42 Å². The van der Waals surface area contributed by atoms with E-state index in [0.29, 0.717) is 6.08 Å². The van der Waals surface area contributed by atoms with Gasteiger partial charge in [-0.2, -0.15) is 4.39 Å². The summed E-state index contributed by atoms with van der Waals surface area (Å²) in [6.45, 7) is 0. The van der Waals surface area contributed by atoms with Crippen LogP contribution in [0.4, 0.5) is 4.39 Å². The molecule has 1 aliphatic rings. The Morgan fingerprint density at radius 3 is 2.50 bits per heavy atom. The van der Waals surface area contributed by atoms with Crippen LogP contribution in [0.5, 0.6) is 0 Å². The molecule has 14 heavy (non-hydrogen) atoms. The lowest BCUT2D eigenvalue weighted by Crippen LogP contribution is -2.31. The van der Waals surface area contributed by atoms with E-state index in [9.17, 15) is 24.6 Å². The summed E-state index contributed by atoms with van der Waals surface area (Å²) in [6, 6.07) is -1.41. The van der Waals surface area contributed by atoms with Gasteiger partial charge in [0.1, 0.15) is 6.42 Å². The summed E-state index contributed by atoms with van der Waals surface area (Å²) in [7, 11) is 0. The highest BCUT2D eigenvalue weighted by atomic mass is 19.1. The fourth-order valence-electron chi connectivity index (χ4n) is 1.08. The summed E-state index contributed by atoms with van der Waals surface area (Å²) in [4.78, 5) is 18.9. The maximum atomic E-state index is 12.8. The second-order valence-corrected chi connectivity index (χ2v) is 2.70. The van der Waals surface area contributed by atoms with E-state index in [-0.39, 0.29) is 5.70 Å². The van der Waals surface area contributed by atoms with E-state index in [2.05, 4.69) is 0 Å². The second-order valence-electron chi connectivity index (χ2n) is 2.70. The third kappa shape index (κ3) is 1.68. The highest BCUT2D eigenvalue weighted by molar-refractivity contribution is 5.27. The predicted octanol–water partition coefficient (Wildman–Crippen LogP) is 0.336. The normalized spacial score (nSPS) is 21.8. The lowest BCUT2D eigenvalue weighted by atomic mass is 10.0. The summed E-state index contributed by atoms with van der Waals surface area (Å²) < 4.78 is 12.8. The van der Waals surface area contributed by atoms with Gasteiger partial charge < -0.3 is 5.73 Å². The van der Waals surface area contributed by atoms with Crippen LogP contribution in [0.3, 0.4) is 0 Å². The zero-order chi connectivity index (χ0) is 10.9. The first-order valence-electron chi connectivity index (χ1n) is 3.57. The first-order valence-corrected chi connectivity index (χ1v) is 3.57. The molecule has 0 aromatic heterocycles. The smallest absolute Gasteiger partial charge is 0.288 e. The summed E-state index contributed by atoms with van der Waals surface area (Å²) >= 11 is 0. The average Bonchev–Trinajstić information content (AvgIpc) is 2.02. The third-order valence-corrected chi connectivity index (χ3v) is 1.82. The minimum atomic E-state index is -1.41. The van der Waals surface area contributed by atoms with Gasteiger partial charge in [0, 0.05) is 11.0 Å². The molecule has 1 unspecified atom stereocenters. The molecule has 0 aliphatic heterocycles. The molecular weight excluding hydrogens is 197 g/mol. The molecule has 0 saturated carbocycles. The lowest BCUT2D eigenvalue weighted by molar-refractivity contribution is -0.521. The number of nitrogens with two attached hydrogens (primary N) is 1. The zero-order valence-corrected chi connectivity index (χ0v) is 6.84. The van der Waals surface area contributed by atoms with Crippen LogP contribution >= 0.6 is 0 Å². The van der Waals surface area contributed by atoms with Crippen LogP contribution in [0.25, 0.3) is 0 Å². The average molecular weight is 203 g/mol. The molecule has 0 heterocycles. The third-order valence-electron chi connectivity index (χ3n) is 1.82. The number of allylic oxidation sites excluding steroid dienone is 2. The van der Waals surface area contributed by atoms with Crippen molar-refractivity contribution in [2.45, 2.75) is 12.5 Å². The topological polar surface area (TPSA) is 112 Å². The van der Waals surface area contributed by atoms with E-state index in [1.807, 2.05) is 0 Å². The fraction of sp³-hybridized carbons (Fsp3) is 0.333. The summed E-state index contributed by atoms with van der Waals surface area (Å²) in [6.07, 6.45) is 0.00324. The Kier molecular flexibility index (Phi) is 2.45. The molecular formula is C6H6FN3O4. The van der Waals surface area contributed by atoms with E-state index >= 15 is 0 Å². The molecule has 8 heteroatoms. The van der Waals surface area contributed by atoms with Gasteiger partial charge in [-0.05, 0) is 0 Å². The van der Waals surface area contributed by atoms with Crippen molar-refractivity contribution in [3.63, 3.8) is 0 Å². The van der Waals surface area contributed by atoms with Crippen LogP contribution in [0, 0.1) is 20.2 Å². The van der Waals surface area contributed by atoms with E-state index in [1.54, 1.807) is 0 Å². The predicted molar refractivity (Wildman–Crippen MR) is 42.8 cm³/mol. The molecule has 0 aromatic rings. The van der Waals surface area contributed by atoms with Gasteiger partial charge in [-0.3, -0.25) is 20.2 Å². The highest BCUT2D eigenvalue weighted by Gasteiger charge is 2.36. The van der Waals surface area contributed by atoms with Gasteiger partial charge in [-0.25, -0.2) is 0 Å². The molecule has 0 bridgehead atoms. The molecule has 0 fully saturated rings. The van der Waals surface area contributed by atoms with Crippen LogP contribution in [-0.4, -0.2) is 15.9 Å². The minimum absolute atomic E-state index is 0.307. The van der Waals surface area contributed by atoms with Crippen molar-refractivity contribution in [1.82, 2.24) is 0 Å². The molecule has 0 spiro atoms. The van der Waals surface area contributed by atoms with Crippen LogP contribution < -0.4 is 5.73 Å². The monoisotopic (exact) mass is 203 g/mol. The molecule has 1 atom stereocenters. The molecule has 76 valence electrons.